The second-order valence-electron chi connectivity index (χ2n) is 6.70. The molecule has 142 valence electrons. The quantitative estimate of drug-likeness (QED) is 0.836. The van der Waals surface area contributed by atoms with Crippen LogP contribution in [0.4, 0.5) is 5.69 Å². The number of carbonyl (C=O) groups excluding carboxylic acids is 1. The van der Waals surface area contributed by atoms with Gasteiger partial charge in [-0.2, -0.15) is 4.31 Å². The Morgan fingerprint density at radius 2 is 2.08 bits per heavy atom. The van der Waals surface area contributed by atoms with E-state index in [0.717, 1.165) is 12.8 Å². The van der Waals surface area contributed by atoms with Gasteiger partial charge in [0.15, 0.2) is 0 Å². The molecule has 0 saturated carbocycles. The third-order valence-electron chi connectivity index (χ3n) is 5.08. The van der Waals surface area contributed by atoms with Gasteiger partial charge in [0.1, 0.15) is 0 Å². The van der Waals surface area contributed by atoms with E-state index in [1.54, 1.807) is 13.2 Å². The van der Waals surface area contributed by atoms with Crippen molar-refractivity contribution in [2.45, 2.75) is 36.0 Å². The van der Waals surface area contributed by atoms with Crippen LogP contribution in [0.25, 0.3) is 0 Å². The molecule has 3 aliphatic rings. The molecular weight excluding hydrogens is 360 g/mol. The van der Waals surface area contributed by atoms with Gasteiger partial charge in [-0.25, -0.2) is 8.42 Å². The van der Waals surface area contributed by atoms with Gasteiger partial charge in [-0.05, 0) is 37.5 Å². The summed E-state index contributed by atoms with van der Waals surface area (Å²) in [6.07, 6.45) is 2.26. The molecular formula is C17H22N2O6S. The Kier molecular flexibility index (Phi) is 4.52. The average Bonchev–Trinajstić information content (AvgIpc) is 3.20. The predicted molar refractivity (Wildman–Crippen MR) is 92.1 cm³/mol. The number of hydrogen-bond donors (Lipinski definition) is 1. The molecule has 0 radical (unpaired) electrons. The van der Waals surface area contributed by atoms with Crippen LogP contribution < -0.4 is 5.32 Å². The van der Waals surface area contributed by atoms with Crippen LogP contribution in [0.15, 0.2) is 23.1 Å². The van der Waals surface area contributed by atoms with Crippen molar-refractivity contribution in [3.05, 3.63) is 23.8 Å². The molecule has 0 unspecified atom stereocenters. The number of anilines is 1. The summed E-state index contributed by atoms with van der Waals surface area (Å²) < 4.78 is 44.3. The van der Waals surface area contributed by atoms with Crippen molar-refractivity contribution in [3.63, 3.8) is 0 Å². The lowest BCUT2D eigenvalue weighted by molar-refractivity contribution is -0.255. The second kappa shape index (κ2) is 6.58. The van der Waals surface area contributed by atoms with Crippen LogP contribution in [-0.2, 0) is 34.8 Å². The fourth-order valence-electron chi connectivity index (χ4n) is 3.83. The number of hydrogen-bond acceptors (Lipinski definition) is 6. The molecule has 1 aromatic rings. The number of rotatable bonds is 4. The van der Waals surface area contributed by atoms with Crippen LogP contribution in [0.3, 0.4) is 0 Å². The number of carbonyl (C=O) groups is 1. The van der Waals surface area contributed by atoms with E-state index in [1.165, 1.54) is 16.4 Å². The number of sulfonamides is 1. The average molecular weight is 382 g/mol. The summed E-state index contributed by atoms with van der Waals surface area (Å²) in [7, 11) is -2.13. The Labute approximate surface area is 152 Å². The van der Waals surface area contributed by atoms with Crippen LogP contribution in [0.5, 0.6) is 0 Å². The maximum absolute atomic E-state index is 13.2. The summed E-state index contributed by atoms with van der Waals surface area (Å²) in [6.45, 7) is 1.58. The molecule has 1 atom stereocenters. The van der Waals surface area contributed by atoms with E-state index in [1.807, 2.05) is 0 Å². The predicted octanol–water partition coefficient (Wildman–Crippen LogP) is 1.03. The number of fused-ring (bicyclic) bond motifs is 2. The van der Waals surface area contributed by atoms with Crippen LogP contribution in [-0.4, -0.2) is 58.1 Å². The minimum atomic E-state index is -3.70. The second-order valence-corrected chi connectivity index (χ2v) is 8.59. The number of nitrogens with one attached hydrogen (secondary N) is 1. The molecule has 1 spiro atoms. The Balaban J connectivity index is 1.72. The number of benzene rings is 1. The number of nitrogens with zero attached hydrogens (tertiary/aromatic N) is 1. The van der Waals surface area contributed by atoms with Crippen molar-refractivity contribution in [1.29, 1.82) is 0 Å². The molecule has 1 amide bonds. The van der Waals surface area contributed by atoms with Gasteiger partial charge in [-0.1, -0.05) is 0 Å². The number of ether oxygens (including phenoxy) is 3. The van der Waals surface area contributed by atoms with Gasteiger partial charge in [0.05, 0.1) is 30.4 Å². The molecule has 3 aliphatic heterocycles. The highest BCUT2D eigenvalue weighted by Gasteiger charge is 2.51. The molecule has 4 rings (SSSR count). The molecule has 1 aromatic carbocycles. The zero-order valence-electron chi connectivity index (χ0n) is 14.6. The van der Waals surface area contributed by atoms with E-state index in [0.29, 0.717) is 44.0 Å². The normalized spacial score (nSPS) is 25.4. The fraction of sp³-hybridized carbons (Fsp3) is 0.588. The van der Waals surface area contributed by atoms with Crippen LogP contribution >= 0.6 is 0 Å². The van der Waals surface area contributed by atoms with Gasteiger partial charge in [-0.15, -0.1) is 0 Å². The Hall–Kier alpha value is -1.52. The largest absolute Gasteiger partial charge is 0.383 e. The zero-order chi connectivity index (χ0) is 18.4. The van der Waals surface area contributed by atoms with Crippen LogP contribution in [0.1, 0.15) is 24.8 Å². The Morgan fingerprint density at radius 1 is 1.31 bits per heavy atom. The highest BCUT2D eigenvalue weighted by molar-refractivity contribution is 7.89. The van der Waals surface area contributed by atoms with Crippen molar-refractivity contribution >= 4 is 21.6 Å². The first kappa shape index (κ1) is 17.9. The Morgan fingerprint density at radius 3 is 2.81 bits per heavy atom. The smallest absolute Gasteiger partial charge is 0.289 e. The van der Waals surface area contributed by atoms with Gasteiger partial charge in [-0.3, -0.25) is 4.79 Å². The first-order valence-electron chi connectivity index (χ1n) is 8.74. The number of methoxy groups -OCH3 is 1. The van der Waals surface area contributed by atoms with Gasteiger partial charge >= 0.3 is 0 Å². The highest BCUT2D eigenvalue weighted by atomic mass is 32.2. The molecule has 2 saturated heterocycles. The molecule has 0 aliphatic carbocycles. The minimum absolute atomic E-state index is 0.132. The van der Waals surface area contributed by atoms with E-state index in [4.69, 9.17) is 14.2 Å². The maximum Gasteiger partial charge on any atom is 0.289 e. The van der Waals surface area contributed by atoms with Crippen molar-refractivity contribution in [3.8, 4) is 0 Å². The summed E-state index contributed by atoms with van der Waals surface area (Å²) in [6, 6.07) is 4.43. The van der Waals surface area contributed by atoms with Gasteiger partial charge in [0.2, 0.25) is 10.0 Å². The summed E-state index contributed by atoms with van der Waals surface area (Å²) in [4.78, 5) is 12.6. The van der Waals surface area contributed by atoms with Gasteiger partial charge in [0, 0.05) is 25.3 Å². The first-order valence-corrected chi connectivity index (χ1v) is 10.2. The number of amides is 1. The van der Waals surface area contributed by atoms with Gasteiger partial charge < -0.3 is 19.5 Å². The first-order chi connectivity index (χ1) is 12.5. The monoisotopic (exact) mass is 382 g/mol. The fourth-order valence-corrected chi connectivity index (χ4v) is 5.54. The third-order valence-corrected chi connectivity index (χ3v) is 7.03. The van der Waals surface area contributed by atoms with Crippen molar-refractivity contribution < 1.29 is 27.4 Å². The lowest BCUT2D eigenvalue weighted by Gasteiger charge is -2.32. The topological polar surface area (TPSA) is 94.2 Å². The van der Waals surface area contributed by atoms with E-state index in [9.17, 15) is 13.2 Å². The third kappa shape index (κ3) is 2.66. The van der Waals surface area contributed by atoms with Crippen molar-refractivity contribution in [2.75, 3.05) is 38.8 Å². The molecule has 0 aromatic heterocycles. The Bertz CT molecular complexity index is 819. The van der Waals surface area contributed by atoms with Crippen LogP contribution in [0.2, 0.25) is 0 Å². The highest BCUT2D eigenvalue weighted by Crippen LogP contribution is 2.43. The van der Waals surface area contributed by atoms with E-state index in [-0.39, 0.29) is 10.9 Å². The maximum atomic E-state index is 13.2. The summed E-state index contributed by atoms with van der Waals surface area (Å²) in [5.41, 5.74) is 0.941. The summed E-state index contributed by atoms with van der Waals surface area (Å²) >= 11 is 0. The van der Waals surface area contributed by atoms with E-state index >= 15 is 0 Å². The summed E-state index contributed by atoms with van der Waals surface area (Å²) in [5.74, 6) is -1.96. The molecule has 0 bridgehead atoms. The van der Waals surface area contributed by atoms with E-state index < -0.39 is 21.7 Å². The molecule has 3 heterocycles. The molecule has 8 nitrogen and oxygen atoms in total. The molecule has 2 fully saturated rings. The molecule has 9 heteroatoms. The van der Waals surface area contributed by atoms with E-state index in [2.05, 4.69) is 5.32 Å². The lowest BCUT2D eigenvalue weighted by atomic mass is 10.1. The van der Waals surface area contributed by atoms with Crippen molar-refractivity contribution in [1.82, 2.24) is 4.31 Å². The minimum Gasteiger partial charge on any atom is -0.383 e. The molecule has 26 heavy (non-hydrogen) atoms. The standard InChI is InChI=1S/C17H22N2O6S/c1-23-11-12-4-2-7-19(12)26(21,22)13-5-6-15-14(10-13)17(16(20)18-15)24-8-3-9-25-17/h5-6,10,12H,2-4,7-9,11H2,1H3,(H,18,20)/t12-/m1/s1. The zero-order valence-corrected chi connectivity index (χ0v) is 15.4. The van der Waals surface area contributed by atoms with Crippen molar-refractivity contribution in [2.24, 2.45) is 0 Å². The lowest BCUT2D eigenvalue weighted by Crippen LogP contribution is -2.44. The molecule has 1 N–H and O–H groups in total. The van der Waals surface area contributed by atoms with Crippen LogP contribution in [0, 0.1) is 0 Å². The van der Waals surface area contributed by atoms with Gasteiger partial charge in [0.25, 0.3) is 11.7 Å². The summed E-state index contributed by atoms with van der Waals surface area (Å²) in [5, 5.41) is 2.72. The SMILES string of the molecule is COC[C@H]1CCCN1S(=O)(=O)c1ccc2c(c1)C1(OCCCO1)C(=O)N2.